The minimum Gasteiger partial charge on any atom is -0.311 e. The molecule has 0 spiro atoms. The van der Waals surface area contributed by atoms with E-state index in [1.54, 1.807) is 11.8 Å². The molecular weight excluding hydrogens is 289 g/mol. The highest BCUT2D eigenvalue weighted by molar-refractivity contribution is 7.99. The molecule has 1 heterocycles. The van der Waals surface area contributed by atoms with Gasteiger partial charge < -0.3 is 4.90 Å². The summed E-state index contributed by atoms with van der Waals surface area (Å²) in [6.07, 6.45) is 0.788. The Morgan fingerprint density at radius 2 is 2.28 bits per heavy atom. The van der Waals surface area contributed by atoms with Crippen LogP contribution in [-0.2, 0) is 10.5 Å². The molecule has 1 atom stereocenters. The molecule has 2 rings (SSSR count). The van der Waals surface area contributed by atoms with E-state index in [0.29, 0.717) is 17.4 Å². The van der Waals surface area contributed by atoms with Crippen LogP contribution in [0.4, 0.5) is 5.69 Å². The molecule has 1 aromatic carbocycles. The number of benzene rings is 1. The maximum atomic E-state index is 12.3. The first-order valence-corrected chi connectivity index (χ1v) is 7.87. The van der Waals surface area contributed by atoms with E-state index in [4.69, 9.17) is 23.2 Å². The molecule has 1 aliphatic rings. The van der Waals surface area contributed by atoms with Gasteiger partial charge in [-0.15, -0.1) is 23.4 Å². The summed E-state index contributed by atoms with van der Waals surface area (Å²) in [7, 11) is 0. The number of thioether (sulfide) groups is 1. The third-order valence-corrected chi connectivity index (χ3v) is 4.64. The fraction of sp³-hybridized carbons (Fsp3) is 0.462. The Kier molecular flexibility index (Phi) is 4.82. The second-order valence-electron chi connectivity index (χ2n) is 4.26. The summed E-state index contributed by atoms with van der Waals surface area (Å²) in [6.45, 7) is 2.61. The number of rotatable bonds is 3. The molecule has 0 radical (unpaired) electrons. The summed E-state index contributed by atoms with van der Waals surface area (Å²) in [5, 5.41) is 0.642. The molecule has 18 heavy (non-hydrogen) atoms. The van der Waals surface area contributed by atoms with Crippen LogP contribution in [0.2, 0.25) is 5.02 Å². The van der Waals surface area contributed by atoms with Crippen LogP contribution in [0, 0.1) is 0 Å². The molecular formula is C13H15Cl2NOS. The van der Waals surface area contributed by atoms with Crippen LogP contribution in [0.3, 0.4) is 0 Å². The lowest BCUT2D eigenvalue weighted by molar-refractivity contribution is -0.117. The van der Waals surface area contributed by atoms with Gasteiger partial charge in [-0.1, -0.05) is 17.7 Å². The molecule has 0 saturated carbocycles. The molecule has 0 saturated heterocycles. The Morgan fingerprint density at radius 1 is 1.50 bits per heavy atom. The van der Waals surface area contributed by atoms with Crippen molar-refractivity contribution in [1.82, 2.24) is 0 Å². The third kappa shape index (κ3) is 2.95. The van der Waals surface area contributed by atoms with E-state index in [0.717, 1.165) is 23.4 Å². The summed E-state index contributed by atoms with van der Waals surface area (Å²) in [6, 6.07) is 5.76. The Bertz CT molecular complexity index is 453. The lowest BCUT2D eigenvalue weighted by Gasteiger charge is -2.24. The summed E-state index contributed by atoms with van der Waals surface area (Å²) < 4.78 is 0. The average Bonchev–Trinajstić information content (AvgIpc) is 2.47. The number of amides is 1. The predicted octanol–water partition coefficient (Wildman–Crippen LogP) is 3.94. The summed E-state index contributed by atoms with van der Waals surface area (Å²) >= 11 is 13.4. The maximum Gasteiger partial charge on any atom is 0.239 e. The van der Waals surface area contributed by atoms with Gasteiger partial charge >= 0.3 is 0 Å². The van der Waals surface area contributed by atoms with Crippen LogP contribution in [0.15, 0.2) is 18.2 Å². The molecule has 0 bridgehead atoms. The van der Waals surface area contributed by atoms with Gasteiger partial charge in [-0.25, -0.2) is 0 Å². The SMILES string of the molecule is CC1SCc2ccc(Cl)cc2N(CCCCl)C1=O. The highest BCUT2D eigenvalue weighted by Gasteiger charge is 2.27. The molecule has 0 N–H and O–H groups in total. The van der Waals surface area contributed by atoms with Gasteiger partial charge in [-0.05, 0) is 31.0 Å². The summed E-state index contributed by atoms with van der Waals surface area (Å²) in [5.41, 5.74) is 2.10. The second-order valence-corrected chi connectivity index (χ2v) is 6.40. The maximum absolute atomic E-state index is 12.3. The van der Waals surface area contributed by atoms with Crippen LogP contribution >= 0.6 is 35.0 Å². The van der Waals surface area contributed by atoms with Crippen molar-refractivity contribution in [1.29, 1.82) is 0 Å². The van der Waals surface area contributed by atoms with E-state index >= 15 is 0 Å². The largest absolute Gasteiger partial charge is 0.311 e. The lowest BCUT2D eigenvalue weighted by Crippen LogP contribution is -2.36. The minimum atomic E-state index is -0.0218. The number of carbonyl (C=O) groups excluding carboxylic acids is 1. The van der Waals surface area contributed by atoms with E-state index in [-0.39, 0.29) is 11.2 Å². The van der Waals surface area contributed by atoms with Gasteiger partial charge in [0.05, 0.1) is 5.25 Å². The van der Waals surface area contributed by atoms with E-state index in [9.17, 15) is 4.79 Å². The van der Waals surface area contributed by atoms with Crippen molar-refractivity contribution in [2.24, 2.45) is 0 Å². The fourth-order valence-corrected chi connectivity index (χ4v) is 3.21. The second kappa shape index (κ2) is 6.18. The molecule has 1 amide bonds. The van der Waals surface area contributed by atoms with Crippen molar-refractivity contribution in [2.75, 3.05) is 17.3 Å². The van der Waals surface area contributed by atoms with Crippen molar-refractivity contribution in [3.8, 4) is 0 Å². The van der Waals surface area contributed by atoms with Crippen LogP contribution in [0.1, 0.15) is 18.9 Å². The van der Waals surface area contributed by atoms with E-state index in [1.807, 2.05) is 30.0 Å². The van der Waals surface area contributed by atoms with Crippen molar-refractivity contribution in [3.05, 3.63) is 28.8 Å². The summed E-state index contributed by atoms with van der Waals surface area (Å²) in [5.74, 6) is 1.55. The number of fused-ring (bicyclic) bond motifs is 1. The van der Waals surface area contributed by atoms with Gasteiger partial charge in [0.1, 0.15) is 0 Å². The van der Waals surface area contributed by atoms with E-state index < -0.39 is 0 Å². The van der Waals surface area contributed by atoms with Gasteiger partial charge in [-0.2, -0.15) is 0 Å². The third-order valence-electron chi connectivity index (χ3n) is 2.96. The number of nitrogens with zero attached hydrogens (tertiary/aromatic N) is 1. The van der Waals surface area contributed by atoms with Gasteiger partial charge in [0.25, 0.3) is 0 Å². The Hall–Kier alpha value is -0.380. The van der Waals surface area contributed by atoms with Gasteiger partial charge in [0.15, 0.2) is 0 Å². The normalized spacial score (nSPS) is 19.6. The highest BCUT2D eigenvalue weighted by atomic mass is 35.5. The van der Waals surface area contributed by atoms with E-state index in [2.05, 4.69) is 0 Å². The predicted molar refractivity (Wildman–Crippen MR) is 79.9 cm³/mol. The Labute approximate surface area is 122 Å². The molecule has 0 fully saturated rings. The van der Waals surface area contributed by atoms with Gasteiger partial charge in [0, 0.05) is 28.9 Å². The first-order chi connectivity index (χ1) is 8.63. The lowest BCUT2D eigenvalue weighted by atomic mass is 10.1. The molecule has 1 aliphatic heterocycles. The molecule has 0 aliphatic carbocycles. The molecule has 2 nitrogen and oxygen atoms in total. The zero-order valence-corrected chi connectivity index (χ0v) is 12.5. The molecule has 1 aromatic rings. The number of carbonyl (C=O) groups is 1. The van der Waals surface area contributed by atoms with Gasteiger partial charge in [-0.3, -0.25) is 4.79 Å². The van der Waals surface area contributed by atoms with E-state index in [1.165, 1.54) is 0 Å². The van der Waals surface area contributed by atoms with Crippen LogP contribution < -0.4 is 4.90 Å². The van der Waals surface area contributed by atoms with Crippen LogP contribution in [0.5, 0.6) is 0 Å². The number of hydrogen-bond acceptors (Lipinski definition) is 2. The molecule has 0 aromatic heterocycles. The number of alkyl halides is 1. The standard InChI is InChI=1S/C13H15Cl2NOS/c1-9-13(17)16(6-2-5-14)12-7-11(15)4-3-10(12)8-18-9/h3-4,7,9H,2,5-6,8H2,1H3. The summed E-state index contributed by atoms with van der Waals surface area (Å²) in [4.78, 5) is 14.2. The topological polar surface area (TPSA) is 20.3 Å². The first kappa shape index (κ1) is 14.0. The van der Waals surface area contributed by atoms with Crippen molar-refractivity contribution < 1.29 is 4.79 Å². The fourth-order valence-electron chi connectivity index (χ4n) is 1.98. The molecule has 98 valence electrons. The highest BCUT2D eigenvalue weighted by Crippen LogP contribution is 2.34. The number of hydrogen-bond donors (Lipinski definition) is 0. The van der Waals surface area contributed by atoms with Crippen LogP contribution in [0.25, 0.3) is 0 Å². The molecule has 1 unspecified atom stereocenters. The Balaban J connectivity index is 2.38. The zero-order chi connectivity index (χ0) is 13.1. The monoisotopic (exact) mass is 303 g/mol. The van der Waals surface area contributed by atoms with Crippen LogP contribution in [-0.4, -0.2) is 23.6 Å². The van der Waals surface area contributed by atoms with Crippen molar-refractivity contribution in [2.45, 2.75) is 24.3 Å². The van der Waals surface area contributed by atoms with Crippen molar-refractivity contribution in [3.63, 3.8) is 0 Å². The Morgan fingerprint density at radius 3 is 3.00 bits per heavy atom. The smallest absolute Gasteiger partial charge is 0.239 e. The quantitative estimate of drug-likeness (QED) is 0.788. The first-order valence-electron chi connectivity index (χ1n) is 5.91. The minimum absolute atomic E-state index is 0.0218. The number of halogens is 2. The molecule has 5 heteroatoms. The van der Waals surface area contributed by atoms with Gasteiger partial charge in [0.2, 0.25) is 5.91 Å². The number of anilines is 1. The average molecular weight is 304 g/mol. The van der Waals surface area contributed by atoms with Crippen molar-refractivity contribution >= 4 is 46.6 Å². The zero-order valence-electron chi connectivity index (χ0n) is 10.2.